The number of aromatic nitrogens is 1. The number of nitrogens with zero attached hydrogens (tertiary/aromatic N) is 2. The molecule has 1 aromatic carbocycles. The van der Waals surface area contributed by atoms with Gasteiger partial charge in [0.1, 0.15) is 6.04 Å². The maximum Gasteiger partial charge on any atom is 0.244 e. The lowest BCUT2D eigenvalue weighted by Crippen LogP contribution is -2.43. The van der Waals surface area contributed by atoms with Crippen LogP contribution in [0.15, 0.2) is 18.2 Å². The van der Waals surface area contributed by atoms with Crippen molar-refractivity contribution in [1.29, 1.82) is 0 Å². The number of hydrogen-bond donors (Lipinski definition) is 1. The molecule has 1 aliphatic heterocycles. The number of carbonyl (C=O) groups is 1. The summed E-state index contributed by atoms with van der Waals surface area (Å²) in [6, 6.07) is 5.38. The number of piperidine rings is 1. The normalized spacial score (nSPS) is 17.0. The molecule has 1 atom stereocenters. The quantitative estimate of drug-likeness (QED) is 0.935. The van der Waals surface area contributed by atoms with Crippen molar-refractivity contribution in [1.82, 2.24) is 9.88 Å². The average molecular weight is 324 g/mol. The minimum absolute atomic E-state index is 0.159. The molecule has 1 N–H and O–H groups in total. The van der Waals surface area contributed by atoms with Crippen LogP contribution in [0.25, 0.3) is 10.2 Å². The van der Waals surface area contributed by atoms with E-state index in [-0.39, 0.29) is 11.9 Å². The predicted molar refractivity (Wildman–Crippen MR) is 88.1 cm³/mol. The maximum atomic E-state index is 12.4. The van der Waals surface area contributed by atoms with E-state index in [4.69, 9.17) is 11.6 Å². The zero-order valence-electron chi connectivity index (χ0n) is 11.9. The van der Waals surface area contributed by atoms with Gasteiger partial charge in [-0.3, -0.25) is 4.79 Å². The Kier molecular flexibility index (Phi) is 4.31. The lowest BCUT2D eigenvalue weighted by molar-refractivity contribution is -0.132. The summed E-state index contributed by atoms with van der Waals surface area (Å²) in [6.07, 6.45) is 3.44. The second kappa shape index (κ2) is 6.20. The molecular formula is C15H18ClN3OS. The van der Waals surface area contributed by atoms with Crippen molar-refractivity contribution in [2.45, 2.75) is 32.2 Å². The highest BCUT2D eigenvalue weighted by Gasteiger charge is 2.22. The predicted octanol–water partition coefficient (Wildman–Crippen LogP) is 3.76. The third-order valence-electron chi connectivity index (χ3n) is 3.73. The van der Waals surface area contributed by atoms with E-state index in [9.17, 15) is 4.79 Å². The van der Waals surface area contributed by atoms with Crippen molar-refractivity contribution in [3.05, 3.63) is 23.2 Å². The Morgan fingerprint density at radius 3 is 2.90 bits per heavy atom. The van der Waals surface area contributed by atoms with Gasteiger partial charge in [-0.15, -0.1) is 0 Å². The van der Waals surface area contributed by atoms with Crippen molar-refractivity contribution < 1.29 is 4.79 Å². The van der Waals surface area contributed by atoms with E-state index < -0.39 is 0 Å². The minimum Gasteiger partial charge on any atom is -0.350 e. The van der Waals surface area contributed by atoms with E-state index in [2.05, 4.69) is 10.3 Å². The third-order valence-corrected chi connectivity index (χ3v) is 4.91. The van der Waals surface area contributed by atoms with Gasteiger partial charge in [-0.05, 0) is 44.4 Å². The molecule has 0 aliphatic carbocycles. The van der Waals surface area contributed by atoms with Crippen LogP contribution in [0, 0.1) is 0 Å². The molecule has 21 heavy (non-hydrogen) atoms. The number of halogens is 1. The van der Waals surface area contributed by atoms with Gasteiger partial charge >= 0.3 is 0 Å². The summed E-state index contributed by atoms with van der Waals surface area (Å²) in [5, 5.41) is 4.69. The molecular weight excluding hydrogens is 306 g/mol. The molecule has 3 rings (SSSR count). The third kappa shape index (κ3) is 3.30. The Bertz CT molecular complexity index is 651. The Balaban J connectivity index is 1.70. The van der Waals surface area contributed by atoms with Gasteiger partial charge in [0, 0.05) is 18.1 Å². The van der Waals surface area contributed by atoms with Gasteiger partial charge in [0.05, 0.1) is 10.2 Å². The second-order valence-electron chi connectivity index (χ2n) is 5.38. The number of rotatable bonds is 3. The van der Waals surface area contributed by atoms with Crippen molar-refractivity contribution in [2.24, 2.45) is 0 Å². The minimum atomic E-state index is -0.251. The molecule has 1 unspecified atom stereocenters. The van der Waals surface area contributed by atoms with Gasteiger partial charge in [-0.25, -0.2) is 4.98 Å². The SMILES string of the molecule is CC(Nc1nc2ccc(Cl)cc2s1)C(=O)N1CCCCC1. The first-order valence-electron chi connectivity index (χ1n) is 7.25. The zero-order valence-corrected chi connectivity index (χ0v) is 13.5. The molecule has 1 fully saturated rings. The van der Waals surface area contributed by atoms with Gasteiger partial charge in [-0.2, -0.15) is 0 Å². The summed E-state index contributed by atoms with van der Waals surface area (Å²) in [6.45, 7) is 3.65. The number of anilines is 1. The molecule has 2 heterocycles. The molecule has 0 radical (unpaired) electrons. The summed E-state index contributed by atoms with van der Waals surface area (Å²) >= 11 is 7.51. The number of nitrogens with one attached hydrogen (secondary N) is 1. The molecule has 0 spiro atoms. The standard InChI is InChI=1S/C15H18ClN3OS/c1-10(14(20)19-7-3-2-4-8-19)17-15-18-12-6-5-11(16)9-13(12)21-15/h5-6,9-10H,2-4,7-8H2,1H3,(H,17,18). The molecule has 1 amide bonds. The first-order chi connectivity index (χ1) is 10.1. The zero-order chi connectivity index (χ0) is 14.8. The second-order valence-corrected chi connectivity index (χ2v) is 6.85. The van der Waals surface area contributed by atoms with E-state index in [1.54, 1.807) is 0 Å². The topological polar surface area (TPSA) is 45.2 Å². The van der Waals surface area contributed by atoms with Crippen molar-refractivity contribution in [3.63, 3.8) is 0 Å². The van der Waals surface area contributed by atoms with Gasteiger partial charge in [0.25, 0.3) is 0 Å². The highest BCUT2D eigenvalue weighted by molar-refractivity contribution is 7.22. The molecule has 0 bridgehead atoms. The van der Waals surface area contributed by atoms with Crippen molar-refractivity contribution in [2.75, 3.05) is 18.4 Å². The van der Waals surface area contributed by atoms with Gasteiger partial charge in [0.15, 0.2) is 5.13 Å². The Morgan fingerprint density at radius 1 is 1.38 bits per heavy atom. The Labute approximate surface area is 133 Å². The van der Waals surface area contributed by atoms with Crippen molar-refractivity contribution in [3.8, 4) is 0 Å². The van der Waals surface area contributed by atoms with Crippen LogP contribution in [0.4, 0.5) is 5.13 Å². The highest BCUT2D eigenvalue weighted by Crippen LogP contribution is 2.28. The molecule has 112 valence electrons. The smallest absolute Gasteiger partial charge is 0.244 e. The number of likely N-dealkylation sites (tertiary alicyclic amines) is 1. The number of thiazole rings is 1. The van der Waals surface area contributed by atoms with Gasteiger partial charge in [-0.1, -0.05) is 22.9 Å². The fourth-order valence-corrected chi connectivity index (χ4v) is 3.82. The van der Waals surface area contributed by atoms with Crippen LogP contribution in [0.1, 0.15) is 26.2 Å². The molecule has 6 heteroatoms. The summed E-state index contributed by atoms with van der Waals surface area (Å²) in [5.74, 6) is 0.159. The van der Waals surface area contributed by atoms with Gasteiger partial charge in [0.2, 0.25) is 5.91 Å². The number of fused-ring (bicyclic) bond motifs is 1. The van der Waals surface area contributed by atoms with E-state index in [1.165, 1.54) is 17.8 Å². The molecule has 1 aliphatic rings. The van der Waals surface area contributed by atoms with Gasteiger partial charge < -0.3 is 10.2 Å². The van der Waals surface area contributed by atoms with Crippen LogP contribution in [0.3, 0.4) is 0 Å². The van der Waals surface area contributed by atoms with E-state index >= 15 is 0 Å². The van der Waals surface area contributed by atoms with Crippen LogP contribution >= 0.6 is 22.9 Å². The van der Waals surface area contributed by atoms with Crippen LogP contribution in [0.2, 0.25) is 5.02 Å². The lowest BCUT2D eigenvalue weighted by Gasteiger charge is -2.29. The molecule has 4 nitrogen and oxygen atoms in total. The number of benzene rings is 1. The molecule has 0 saturated carbocycles. The number of carbonyl (C=O) groups excluding carboxylic acids is 1. The van der Waals surface area contributed by atoms with Crippen molar-refractivity contribution >= 4 is 44.2 Å². The molecule has 1 saturated heterocycles. The fraction of sp³-hybridized carbons (Fsp3) is 0.467. The van der Waals surface area contributed by atoms with Crippen LogP contribution in [-0.4, -0.2) is 34.9 Å². The Morgan fingerprint density at radius 2 is 2.14 bits per heavy atom. The number of hydrogen-bond acceptors (Lipinski definition) is 4. The monoisotopic (exact) mass is 323 g/mol. The summed E-state index contributed by atoms with van der Waals surface area (Å²) in [7, 11) is 0. The number of amides is 1. The first-order valence-corrected chi connectivity index (χ1v) is 8.44. The summed E-state index contributed by atoms with van der Waals surface area (Å²) < 4.78 is 1.03. The van der Waals surface area contributed by atoms with Crippen LogP contribution < -0.4 is 5.32 Å². The van der Waals surface area contributed by atoms with Crippen LogP contribution in [-0.2, 0) is 4.79 Å². The summed E-state index contributed by atoms with van der Waals surface area (Å²) in [5.41, 5.74) is 0.907. The fourth-order valence-electron chi connectivity index (χ4n) is 2.60. The Hall–Kier alpha value is -1.33. The average Bonchev–Trinajstić information content (AvgIpc) is 2.88. The van der Waals surface area contributed by atoms with E-state index in [1.807, 2.05) is 30.0 Å². The largest absolute Gasteiger partial charge is 0.350 e. The van der Waals surface area contributed by atoms with E-state index in [0.29, 0.717) is 5.02 Å². The molecule has 1 aromatic heterocycles. The maximum absolute atomic E-state index is 12.4. The summed E-state index contributed by atoms with van der Waals surface area (Å²) in [4.78, 5) is 18.8. The lowest BCUT2D eigenvalue weighted by atomic mass is 10.1. The van der Waals surface area contributed by atoms with Crippen LogP contribution in [0.5, 0.6) is 0 Å². The first kappa shape index (κ1) is 14.6. The van der Waals surface area contributed by atoms with E-state index in [0.717, 1.165) is 41.3 Å². The highest BCUT2D eigenvalue weighted by atomic mass is 35.5. The molecule has 2 aromatic rings.